The molecule has 0 saturated heterocycles. The van der Waals surface area contributed by atoms with Crippen molar-refractivity contribution >= 4 is 5.69 Å². The zero-order chi connectivity index (χ0) is 10.0. The van der Waals surface area contributed by atoms with Crippen LogP contribution in [0.15, 0.2) is 0 Å². The maximum Gasteiger partial charge on any atom is 0.312 e. The van der Waals surface area contributed by atoms with Gasteiger partial charge in [-0.3, -0.25) is 10.1 Å². The van der Waals surface area contributed by atoms with Gasteiger partial charge in [0, 0.05) is 0 Å². The van der Waals surface area contributed by atoms with Crippen LogP contribution < -0.4 is 0 Å². The van der Waals surface area contributed by atoms with Gasteiger partial charge in [0.25, 0.3) is 0 Å². The fourth-order valence-electron chi connectivity index (χ4n) is 1.17. The predicted molar refractivity (Wildman–Crippen MR) is 44.0 cm³/mol. The Hall–Kier alpha value is -1.90. The van der Waals surface area contributed by atoms with Gasteiger partial charge in [-0.05, 0) is 13.8 Å². The highest BCUT2D eigenvalue weighted by Gasteiger charge is 2.21. The molecule has 0 N–H and O–H groups in total. The lowest BCUT2D eigenvalue weighted by Gasteiger charge is -1.93. The molecule has 1 aromatic heterocycles. The second-order valence-electron chi connectivity index (χ2n) is 2.59. The molecule has 0 unspecified atom stereocenters. The van der Waals surface area contributed by atoms with E-state index in [9.17, 15) is 10.1 Å². The minimum absolute atomic E-state index is 0.00440. The molecule has 1 aromatic rings. The van der Waals surface area contributed by atoms with Crippen LogP contribution in [0.25, 0.3) is 0 Å². The van der Waals surface area contributed by atoms with Crippen LogP contribution in [-0.2, 0) is 6.54 Å². The fraction of sp³-hybridized carbons (Fsp3) is 0.429. The average Bonchev–Trinajstić information content (AvgIpc) is 2.28. The van der Waals surface area contributed by atoms with Gasteiger partial charge >= 0.3 is 5.69 Å². The van der Waals surface area contributed by atoms with E-state index in [1.165, 1.54) is 4.68 Å². The van der Waals surface area contributed by atoms with Crippen LogP contribution >= 0.6 is 0 Å². The molecule has 0 amide bonds. The van der Waals surface area contributed by atoms with Gasteiger partial charge < -0.3 is 0 Å². The summed E-state index contributed by atoms with van der Waals surface area (Å²) in [6.45, 7) is 3.18. The van der Waals surface area contributed by atoms with Gasteiger partial charge in [-0.15, -0.1) is 0 Å². The van der Waals surface area contributed by atoms with Gasteiger partial charge in [0.1, 0.15) is 17.9 Å². The van der Waals surface area contributed by atoms with Crippen molar-refractivity contribution in [2.24, 2.45) is 0 Å². The van der Waals surface area contributed by atoms with Gasteiger partial charge in [-0.1, -0.05) is 0 Å². The molecule has 0 spiro atoms. The first-order chi connectivity index (χ1) is 6.07. The van der Waals surface area contributed by atoms with Crippen LogP contribution in [0.4, 0.5) is 5.69 Å². The number of hydrogen-bond acceptors (Lipinski definition) is 4. The standard InChI is InChI=1S/C7H8N4O2/c1-5-7(11(12)13)6(2)10(9-5)4-3-8/h4H2,1-2H3. The van der Waals surface area contributed by atoms with E-state index in [1.807, 2.05) is 6.07 Å². The van der Waals surface area contributed by atoms with Crippen molar-refractivity contribution in [1.29, 1.82) is 5.26 Å². The van der Waals surface area contributed by atoms with E-state index in [-0.39, 0.29) is 12.2 Å². The molecule has 68 valence electrons. The number of nitrogens with zero attached hydrogens (tertiary/aromatic N) is 4. The number of rotatable bonds is 2. The summed E-state index contributed by atoms with van der Waals surface area (Å²) in [5, 5.41) is 22.8. The Morgan fingerprint density at radius 3 is 2.69 bits per heavy atom. The predicted octanol–water partition coefficient (Wildman–Crippen LogP) is 0.932. The molecule has 13 heavy (non-hydrogen) atoms. The minimum atomic E-state index is -0.481. The first-order valence-electron chi connectivity index (χ1n) is 3.63. The first-order valence-corrected chi connectivity index (χ1v) is 3.63. The van der Waals surface area contributed by atoms with Crippen molar-refractivity contribution < 1.29 is 4.92 Å². The highest BCUT2D eigenvalue weighted by Crippen LogP contribution is 2.21. The molecule has 0 aliphatic rings. The maximum absolute atomic E-state index is 10.5. The van der Waals surface area contributed by atoms with E-state index >= 15 is 0 Å². The normalized spacial score (nSPS) is 9.62. The molecule has 0 aliphatic heterocycles. The lowest BCUT2D eigenvalue weighted by molar-refractivity contribution is -0.386. The highest BCUT2D eigenvalue weighted by atomic mass is 16.6. The van der Waals surface area contributed by atoms with Gasteiger partial charge in [0.15, 0.2) is 0 Å². The average molecular weight is 180 g/mol. The van der Waals surface area contributed by atoms with Crippen molar-refractivity contribution in [3.63, 3.8) is 0 Å². The van der Waals surface area contributed by atoms with E-state index in [0.29, 0.717) is 11.4 Å². The molecule has 0 bridgehead atoms. The quantitative estimate of drug-likeness (QED) is 0.500. The van der Waals surface area contributed by atoms with Crippen LogP contribution in [0.1, 0.15) is 11.4 Å². The van der Waals surface area contributed by atoms with Crippen LogP contribution in [0.2, 0.25) is 0 Å². The van der Waals surface area contributed by atoms with Crippen molar-refractivity contribution in [1.82, 2.24) is 9.78 Å². The molecular weight excluding hydrogens is 172 g/mol. The van der Waals surface area contributed by atoms with Crippen LogP contribution in [0.3, 0.4) is 0 Å². The second kappa shape index (κ2) is 3.23. The Labute approximate surface area is 74.5 Å². The molecule has 0 saturated carbocycles. The van der Waals surface area contributed by atoms with Gasteiger partial charge in [-0.25, -0.2) is 4.68 Å². The van der Waals surface area contributed by atoms with Crippen molar-refractivity contribution in [3.05, 3.63) is 21.5 Å². The van der Waals surface area contributed by atoms with E-state index in [0.717, 1.165) is 0 Å². The molecule has 6 nitrogen and oxygen atoms in total. The maximum atomic E-state index is 10.5. The Morgan fingerprint density at radius 2 is 2.31 bits per heavy atom. The topological polar surface area (TPSA) is 84.8 Å². The summed E-state index contributed by atoms with van der Waals surface area (Å²) in [4.78, 5) is 10.0. The Morgan fingerprint density at radius 1 is 1.69 bits per heavy atom. The summed E-state index contributed by atoms with van der Waals surface area (Å²) in [5.74, 6) is 0. The summed E-state index contributed by atoms with van der Waals surface area (Å²) in [6, 6.07) is 1.88. The molecular formula is C7H8N4O2. The molecule has 0 atom stereocenters. The molecule has 1 rings (SSSR count). The van der Waals surface area contributed by atoms with Gasteiger partial charge in [0.2, 0.25) is 0 Å². The van der Waals surface area contributed by atoms with Gasteiger partial charge in [-0.2, -0.15) is 10.4 Å². The van der Waals surface area contributed by atoms with Crippen molar-refractivity contribution in [3.8, 4) is 6.07 Å². The molecule has 0 radical (unpaired) electrons. The number of hydrogen-bond donors (Lipinski definition) is 0. The highest BCUT2D eigenvalue weighted by molar-refractivity contribution is 5.39. The van der Waals surface area contributed by atoms with Crippen LogP contribution in [0, 0.1) is 35.3 Å². The third-order valence-corrected chi connectivity index (χ3v) is 1.75. The van der Waals surface area contributed by atoms with Crippen molar-refractivity contribution in [2.45, 2.75) is 20.4 Å². The Balaban J connectivity index is 3.24. The van der Waals surface area contributed by atoms with E-state index in [1.54, 1.807) is 13.8 Å². The Bertz CT molecular complexity index is 388. The summed E-state index contributed by atoms with van der Waals surface area (Å²) >= 11 is 0. The van der Waals surface area contributed by atoms with Crippen LogP contribution in [-0.4, -0.2) is 14.7 Å². The summed E-state index contributed by atoms with van der Waals surface area (Å²) < 4.78 is 1.33. The number of aryl methyl sites for hydroxylation is 1. The third kappa shape index (κ3) is 1.49. The van der Waals surface area contributed by atoms with Crippen LogP contribution in [0.5, 0.6) is 0 Å². The van der Waals surface area contributed by atoms with Gasteiger partial charge in [0.05, 0.1) is 11.0 Å². The monoisotopic (exact) mass is 180 g/mol. The van der Waals surface area contributed by atoms with E-state index < -0.39 is 4.92 Å². The lowest BCUT2D eigenvalue weighted by Crippen LogP contribution is -2.00. The van der Waals surface area contributed by atoms with E-state index in [4.69, 9.17) is 5.26 Å². The molecule has 0 aliphatic carbocycles. The first kappa shape index (κ1) is 9.19. The minimum Gasteiger partial charge on any atom is -0.258 e. The second-order valence-corrected chi connectivity index (χ2v) is 2.59. The SMILES string of the molecule is Cc1nn(CC#N)c(C)c1[N+](=O)[O-]. The summed E-state index contributed by atoms with van der Waals surface area (Å²) in [7, 11) is 0. The van der Waals surface area contributed by atoms with E-state index in [2.05, 4.69) is 5.10 Å². The molecule has 6 heteroatoms. The summed E-state index contributed by atoms with van der Waals surface area (Å²) in [5.41, 5.74) is 0.761. The lowest BCUT2D eigenvalue weighted by atomic mass is 10.3. The van der Waals surface area contributed by atoms with Crippen molar-refractivity contribution in [2.75, 3.05) is 0 Å². The zero-order valence-corrected chi connectivity index (χ0v) is 7.31. The largest absolute Gasteiger partial charge is 0.312 e. The number of aromatic nitrogens is 2. The number of nitro groups is 1. The number of nitriles is 1. The molecule has 0 fully saturated rings. The molecule has 0 aromatic carbocycles. The summed E-state index contributed by atoms with van der Waals surface area (Å²) in [6.07, 6.45) is 0. The smallest absolute Gasteiger partial charge is 0.258 e. The fourth-order valence-corrected chi connectivity index (χ4v) is 1.17. The third-order valence-electron chi connectivity index (χ3n) is 1.75. The molecule has 1 heterocycles. The Kier molecular flexibility index (Phi) is 2.28. The zero-order valence-electron chi connectivity index (χ0n) is 7.31.